The molecule has 3 heterocycles. The van der Waals surface area contributed by atoms with Gasteiger partial charge in [0.15, 0.2) is 15.5 Å². The van der Waals surface area contributed by atoms with Gasteiger partial charge in [-0.25, -0.2) is 13.1 Å². The van der Waals surface area contributed by atoms with E-state index in [1.807, 2.05) is 44.4 Å². The van der Waals surface area contributed by atoms with E-state index in [9.17, 15) is 13.2 Å². The zero-order chi connectivity index (χ0) is 23.2. The quantitative estimate of drug-likeness (QED) is 0.587. The number of carbonyl (C=O) groups excluding carboxylic acids is 1. The molecule has 0 aliphatic carbocycles. The van der Waals surface area contributed by atoms with Gasteiger partial charge in [0.25, 0.3) is 5.91 Å². The molecule has 0 atom stereocenters. The molecular weight excluding hydrogens is 440 g/mol. The number of carbonyl (C=O) groups is 1. The van der Waals surface area contributed by atoms with Crippen molar-refractivity contribution in [1.82, 2.24) is 19.6 Å². The van der Waals surface area contributed by atoms with Gasteiger partial charge in [0.1, 0.15) is 0 Å². The third-order valence-corrected chi connectivity index (χ3v) is 7.67. The molecule has 0 unspecified atom stereocenters. The van der Waals surface area contributed by atoms with Crippen molar-refractivity contribution in [3.05, 3.63) is 65.4 Å². The summed E-state index contributed by atoms with van der Waals surface area (Å²) in [6.07, 6.45) is 0. The Bertz CT molecular complexity index is 1310. The van der Waals surface area contributed by atoms with Crippen molar-refractivity contribution in [2.45, 2.75) is 17.2 Å². The monoisotopic (exact) mass is 466 g/mol. The van der Waals surface area contributed by atoms with Crippen LogP contribution in [0.5, 0.6) is 0 Å². The highest BCUT2D eigenvalue weighted by Gasteiger charge is 2.37. The average Bonchev–Trinajstić information content (AvgIpc) is 3.18. The van der Waals surface area contributed by atoms with Gasteiger partial charge in [-0.1, -0.05) is 30.3 Å². The Balaban J connectivity index is 1.68. The van der Waals surface area contributed by atoms with Crippen molar-refractivity contribution < 1.29 is 17.9 Å². The summed E-state index contributed by atoms with van der Waals surface area (Å²) in [5.41, 5.74) is 3.83. The fourth-order valence-electron chi connectivity index (χ4n) is 4.45. The zero-order valence-electron chi connectivity index (χ0n) is 18.7. The number of sulfone groups is 1. The van der Waals surface area contributed by atoms with Gasteiger partial charge in [-0.15, -0.1) is 0 Å². The lowest BCUT2D eigenvalue weighted by Crippen LogP contribution is -2.41. The minimum Gasteiger partial charge on any atom is -0.378 e. The van der Waals surface area contributed by atoms with E-state index in [-0.39, 0.29) is 22.2 Å². The highest BCUT2D eigenvalue weighted by molar-refractivity contribution is 7.90. The van der Waals surface area contributed by atoms with Crippen molar-refractivity contribution in [1.29, 1.82) is 0 Å². The van der Waals surface area contributed by atoms with Gasteiger partial charge < -0.3 is 14.5 Å². The molecular formula is C24H26N4O4S. The van der Waals surface area contributed by atoms with E-state index in [1.165, 1.54) is 0 Å². The van der Waals surface area contributed by atoms with E-state index in [0.29, 0.717) is 43.1 Å². The van der Waals surface area contributed by atoms with Gasteiger partial charge in [0.05, 0.1) is 35.2 Å². The predicted octanol–water partition coefficient (Wildman–Crippen LogP) is 2.36. The minimum absolute atomic E-state index is 0.197. The summed E-state index contributed by atoms with van der Waals surface area (Å²) in [5, 5.41) is 4.70. The number of hydrogen-bond donors (Lipinski definition) is 0. The first kappa shape index (κ1) is 21.8. The molecule has 2 aliphatic rings. The fraction of sp³-hybridized carbons (Fsp3) is 0.333. The van der Waals surface area contributed by atoms with E-state index in [4.69, 9.17) is 9.84 Å². The second-order valence-electron chi connectivity index (χ2n) is 8.65. The van der Waals surface area contributed by atoms with E-state index in [0.717, 1.165) is 17.8 Å². The zero-order valence-corrected chi connectivity index (χ0v) is 19.5. The first-order valence-electron chi connectivity index (χ1n) is 10.9. The van der Waals surface area contributed by atoms with Gasteiger partial charge in [-0.3, -0.25) is 4.79 Å². The summed E-state index contributed by atoms with van der Waals surface area (Å²) < 4.78 is 33.3. The lowest BCUT2D eigenvalue weighted by Gasteiger charge is -2.26. The van der Waals surface area contributed by atoms with Crippen molar-refractivity contribution in [3.63, 3.8) is 0 Å². The van der Waals surface area contributed by atoms with Crippen LogP contribution in [0, 0.1) is 0 Å². The molecule has 0 radical (unpaired) electrons. The first-order chi connectivity index (χ1) is 15.8. The largest absolute Gasteiger partial charge is 0.378 e. The fourth-order valence-corrected chi connectivity index (χ4v) is 6.04. The SMILES string of the molecule is CN(C)Cc1ccc(-n2nc(C(=O)N3CCOCC3)c3c2-c2ccccc2S(=O)(=O)C3)cc1. The summed E-state index contributed by atoms with van der Waals surface area (Å²) in [6.45, 7) is 2.65. The molecule has 1 aromatic heterocycles. The second kappa shape index (κ2) is 8.40. The van der Waals surface area contributed by atoms with E-state index in [2.05, 4.69) is 4.90 Å². The first-order valence-corrected chi connectivity index (χ1v) is 12.6. The number of benzene rings is 2. The molecule has 0 bridgehead atoms. The molecule has 9 heteroatoms. The Labute approximate surface area is 193 Å². The number of nitrogens with zero attached hydrogens (tertiary/aromatic N) is 4. The van der Waals surface area contributed by atoms with Crippen LogP contribution in [0.15, 0.2) is 53.4 Å². The van der Waals surface area contributed by atoms with Crippen molar-refractivity contribution in [3.8, 4) is 16.9 Å². The van der Waals surface area contributed by atoms with Crippen molar-refractivity contribution in [2.24, 2.45) is 0 Å². The number of hydrogen-bond acceptors (Lipinski definition) is 6. The maximum absolute atomic E-state index is 13.4. The third-order valence-electron chi connectivity index (χ3n) is 5.98. The molecule has 3 aromatic rings. The Morgan fingerprint density at radius 1 is 1.06 bits per heavy atom. The number of ether oxygens (including phenoxy) is 1. The van der Waals surface area contributed by atoms with Crippen LogP contribution >= 0.6 is 0 Å². The van der Waals surface area contributed by atoms with Crippen LogP contribution in [0.25, 0.3) is 16.9 Å². The molecule has 2 aromatic carbocycles. The highest BCUT2D eigenvalue weighted by Crippen LogP contribution is 2.40. The molecule has 2 aliphatic heterocycles. The minimum atomic E-state index is -3.59. The van der Waals surface area contributed by atoms with Gasteiger partial charge in [0, 0.05) is 30.8 Å². The van der Waals surface area contributed by atoms with Crippen LogP contribution < -0.4 is 0 Å². The number of morpholine rings is 1. The van der Waals surface area contributed by atoms with Crippen LogP contribution in [0.4, 0.5) is 0 Å². The summed E-state index contributed by atoms with van der Waals surface area (Å²) >= 11 is 0. The van der Waals surface area contributed by atoms with Crippen LogP contribution in [-0.2, 0) is 26.9 Å². The Hall–Kier alpha value is -3.01. The van der Waals surface area contributed by atoms with Crippen molar-refractivity contribution >= 4 is 15.7 Å². The number of fused-ring (bicyclic) bond motifs is 3. The standard InChI is InChI=1S/C24H26N4O4S/c1-26(2)15-17-7-9-18(10-8-17)28-23-19-5-3-4-6-21(19)33(30,31)16-20(23)22(25-28)24(29)27-11-13-32-14-12-27/h3-10H,11-16H2,1-2H3. The molecule has 1 fully saturated rings. The molecule has 8 nitrogen and oxygen atoms in total. The molecule has 0 N–H and O–H groups in total. The lowest BCUT2D eigenvalue weighted by atomic mass is 10.0. The van der Waals surface area contributed by atoms with Gasteiger partial charge in [-0.05, 0) is 37.9 Å². The van der Waals surface area contributed by atoms with Crippen LogP contribution in [0.1, 0.15) is 21.6 Å². The number of rotatable bonds is 4. The van der Waals surface area contributed by atoms with E-state index >= 15 is 0 Å². The van der Waals surface area contributed by atoms with Crippen molar-refractivity contribution in [2.75, 3.05) is 40.4 Å². The molecule has 172 valence electrons. The predicted molar refractivity (Wildman–Crippen MR) is 124 cm³/mol. The van der Waals surface area contributed by atoms with E-state index < -0.39 is 9.84 Å². The highest BCUT2D eigenvalue weighted by atomic mass is 32.2. The van der Waals surface area contributed by atoms with Crippen LogP contribution in [0.2, 0.25) is 0 Å². The molecule has 1 amide bonds. The van der Waals surface area contributed by atoms with Crippen LogP contribution in [-0.4, -0.2) is 74.3 Å². The summed E-state index contributed by atoms with van der Waals surface area (Å²) in [7, 11) is 0.440. The second-order valence-corrected chi connectivity index (χ2v) is 10.6. The smallest absolute Gasteiger partial charge is 0.274 e. The lowest BCUT2D eigenvalue weighted by molar-refractivity contribution is 0.0298. The maximum atomic E-state index is 13.4. The topological polar surface area (TPSA) is 84.7 Å². The van der Waals surface area contributed by atoms with Gasteiger partial charge >= 0.3 is 0 Å². The van der Waals surface area contributed by atoms with Gasteiger partial charge in [-0.2, -0.15) is 5.10 Å². The molecule has 0 spiro atoms. The molecule has 0 saturated carbocycles. The Morgan fingerprint density at radius 2 is 1.76 bits per heavy atom. The summed E-state index contributed by atoms with van der Waals surface area (Å²) in [6, 6.07) is 14.9. The Kier molecular flexibility index (Phi) is 5.55. The molecule has 1 saturated heterocycles. The summed E-state index contributed by atoms with van der Waals surface area (Å²) in [5.74, 6) is -0.504. The van der Waals surface area contributed by atoms with Crippen LogP contribution in [0.3, 0.4) is 0 Å². The average molecular weight is 467 g/mol. The normalized spacial score (nSPS) is 17.0. The van der Waals surface area contributed by atoms with E-state index in [1.54, 1.807) is 27.8 Å². The number of amides is 1. The number of aromatic nitrogens is 2. The molecule has 5 rings (SSSR count). The summed E-state index contributed by atoms with van der Waals surface area (Å²) in [4.78, 5) is 17.5. The van der Waals surface area contributed by atoms with Gasteiger partial charge in [0.2, 0.25) is 0 Å². The maximum Gasteiger partial charge on any atom is 0.274 e. The molecule has 33 heavy (non-hydrogen) atoms. The third kappa shape index (κ3) is 3.96. The Morgan fingerprint density at radius 3 is 2.45 bits per heavy atom.